The van der Waals surface area contributed by atoms with E-state index in [1.807, 2.05) is 0 Å². The van der Waals surface area contributed by atoms with Crippen molar-refractivity contribution in [1.29, 1.82) is 0 Å². The van der Waals surface area contributed by atoms with Crippen molar-refractivity contribution >= 4 is 45.3 Å². The molecule has 0 radical (unpaired) electrons. The Labute approximate surface area is 167 Å². The SMILES string of the molecule is O=C(COC(=O)C=Cc1ccc2c(c1)OCO2)Nc1ccc([N+](=O)[O-])cc1Br. The minimum absolute atomic E-state index is 0.120. The van der Waals surface area contributed by atoms with Gasteiger partial charge in [-0.1, -0.05) is 6.07 Å². The second-order valence-electron chi connectivity index (χ2n) is 5.52. The molecule has 0 aliphatic carbocycles. The molecule has 0 spiro atoms. The number of ether oxygens (including phenoxy) is 3. The minimum Gasteiger partial charge on any atom is -0.454 e. The van der Waals surface area contributed by atoms with E-state index in [9.17, 15) is 19.7 Å². The Bertz CT molecular complexity index is 974. The second kappa shape index (κ2) is 8.53. The molecule has 1 amide bonds. The summed E-state index contributed by atoms with van der Waals surface area (Å²) >= 11 is 3.14. The van der Waals surface area contributed by atoms with Gasteiger partial charge in [-0.25, -0.2) is 4.79 Å². The molecular weight excluding hydrogens is 436 g/mol. The number of hydrogen-bond acceptors (Lipinski definition) is 7. The maximum atomic E-state index is 11.9. The van der Waals surface area contributed by atoms with Crippen molar-refractivity contribution in [2.24, 2.45) is 0 Å². The molecule has 28 heavy (non-hydrogen) atoms. The minimum atomic E-state index is -0.699. The first kappa shape index (κ1) is 19.4. The van der Waals surface area contributed by atoms with Crippen molar-refractivity contribution in [2.75, 3.05) is 18.7 Å². The zero-order valence-electron chi connectivity index (χ0n) is 14.2. The molecule has 0 saturated heterocycles. The number of nitro groups is 1. The molecule has 2 aromatic carbocycles. The summed E-state index contributed by atoms with van der Waals surface area (Å²) in [6.07, 6.45) is 2.71. The number of non-ortho nitro benzene ring substituents is 1. The number of halogens is 1. The standard InChI is InChI=1S/C18H13BrN2O7/c19-13-8-12(21(24)25)3-4-14(13)20-17(22)9-26-18(23)6-2-11-1-5-15-16(7-11)28-10-27-15/h1-8H,9-10H2,(H,20,22). The maximum Gasteiger partial charge on any atom is 0.331 e. The third kappa shape index (κ3) is 4.86. The Kier molecular flexibility index (Phi) is 5.90. The Morgan fingerprint density at radius 2 is 2.00 bits per heavy atom. The Morgan fingerprint density at radius 3 is 2.75 bits per heavy atom. The molecule has 2 aromatic rings. The second-order valence-corrected chi connectivity index (χ2v) is 6.38. The average Bonchev–Trinajstić information content (AvgIpc) is 3.14. The number of hydrogen-bond donors (Lipinski definition) is 1. The predicted octanol–water partition coefficient (Wildman–Crippen LogP) is 3.28. The van der Waals surface area contributed by atoms with Crippen molar-refractivity contribution in [2.45, 2.75) is 0 Å². The van der Waals surface area contributed by atoms with E-state index in [2.05, 4.69) is 21.2 Å². The van der Waals surface area contributed by atoms with Crippen molar-refractivity contribution in [1.82, 2.24) is 0 Å². The largest absolute Gasteiger partial charge is 0.454 e. The number of nitrogens with zero attached hydrogens (tertiary/aromatic N) is 1. The summed E-state index contributed by atoms with van der Waals surface area (Å²) in [6, 6.07) is 9.07. The van der Waals surface area contributed by atoms with E-state index >= 15 is 0 Å². The summed E-state index contributed by atoms with van der Waals surface area (Å²) in [6.45, 7) is -0.349. The van der Waals surface area contributed by atoms with Crippen molar-refractivity contribution < 1.29 is 28.7 Å². The van der Waals surface area contributed by atoms with Gasteiger partial charge in [0.1, 0.15) is 0 Å². The van der Waals surface area contributed by atoms with Crippen LogP contribution >= 0.6 is 15.9 Å². The predicted molar refractivity (Wildman–Crippen MR) is 102 cm³/mol. The molecule has 1 aliphatic heterocycles. The molecule has 1 heterocycles. The normalized spacial score (nSPS) is 12.0. The van der Waals surface area contributed by atoms with Crippen molar-refractivity contribution in [3.05, 3.63) is 62.6 Å². The van der Waals surface area contributed by atoms with Crippen LogP contribution in [0.4, 0.5) is 11.4 Å². The van der Waals surface area contributed by atoms with Crippen LogP contribution in [0.2, 0.25) is 0 Å². The molecule has 3 rings (SSSR count). The molecule has 10 heteroatoms. The van der Waals surface area contributed by atoms with Crippen LogP contribution < -0.4 is 14.8 Å². The van der Waals surface area contributed by atoms with E-state index in [1.165, 1.54) is 30.4 Å². The van der Waals surface area contributed by atoms with Gasteiger partial charge in [-0.2, -0.15) is 0 Å². The fourth-order valence-corrected chi connectivity index (χ4v) is 2.74. The highest BCUT2D eigenvalue weighted by atomic mass is 79.9. The number of nitro benzene ring substituents is 1. The van der Waals surface area contributed by atoms with Gasteiger partial charge >= 0.3 is 5.97 Å². The quantitative estimate of drug-likeness (QED) is 0.311. The molecule has 1 N–H and O–H groups in total. The lowest BCUT2D eigenvalue weighted by Gasteiger charge is -2.07. The number of anilines is 1. The zero-order chi connectivity index (χ0) is 20.1. The number of amides is 1. The topological polar surface area (TPSA) is 117 Å². The smallest absolute Gasteiger partial charge is 0.331 e. The maximum absolute atomic E-state index is 11.9. The molecule has 144 valence electrons. The number of esters is 1. The Morgan fingerprint density at radius 1 is 1.21 bits per heavy atom. The first-order valence-corrected chi connectivity index (χ1v) is 8.70. The van der Waals surface area contributed by atoms with E-state index in [-0.39, 0.29) is 12.5 Å². The molecular formula is C18H13BrN2O7. The highest BCUT2D eigenvalue weighted by molar-refractivity contribution is 9.10. The van der Waals surface area contributed by atoms with Gasteiger partial charge < -0.3 is 19.5 Å². The lowest BCUT2D eigenvalue weighted by atomic mass is 10.2. The van der Waals surface area contributed by atoms with Crippen LogP contribution in [0.25, 0.3) is 6.08 Å². The van der Waals surface area contributed by atoms with Gasteiger partial charge in [-0.05, 0) is 45.8 Å². The summed E-state index contributed by atoms with van der Waals surface area (Å²) in [7, 11) is 0. The molecule has 0 unspecified atom stereocenters. The number of rotatable bonds is 6. The summed E-state index contributed by atoms with van der Waals surface area (Å²) in [5.41, 5.74) is 0.910. The van der Waals surface area contributed by atoms with E-state index in [4.69, 9.17) is 14.2 Å². The fraction of sp³-hybridized carbons (Fsp3) is 0.111. The van der Waals surface area contributed by atoms with Gasteiger partial charge in [-0.3, -0.25) is 14.9 Å². The zero-order valence-corrected chi connectivity index (χ0v) is 15.8. The fourth-order valence-electron chi connectivity index (χ4n) is 2.27. The summed E-state index contributed by atoms with van der Waals surface area (Å²) < 4.78 is 15.7. The van der Waals surface area contributed by atoms with Gasteiger partial charge in [0.15, 0.2) is 18.1 Å². The van der Waals surface area contributed by atoms with Crippen LogP contribution in [0.1, 0.15) is 5.56 Å². The molecule has 9 nitrogen and oxygen atoms in total. The van der Waals surface area contributed by atoms with Crippen molar-refractivity contribution in [3.8, 4) is 11.5 Å². The third-order valence-electron chi connectivity index (χ3n) is 3.59. The van der Waals surface area contributed by atoms with Crippen LogP contribution in [0, 0.1) is 10.1 Å². The van der Waals surface area contributed by atoms with E-state index in [0.29, 0.717) is 27.2 Å². The first-order chi connectivity index (χ1) is 13.4. The Hall–Kier alpha value is -3.40. The molecule has 0 atom stereocenters. The van der Waals surface area contributed by atoms with Gasteiger partial charge in [0.05, 0.1) is 10.6 Å². The van der Waals surface area contributed by atoms with E-state index in [1.54, 1.807) is 18.2 Å². The van der Waals surface area contributed by atoms with Gasteiger partial charge in [0, 0.05) is 22.7 Å². The first-order valence-electron chi connectivity index (χ1n) is 7.90. The number of benzene rings is 2. The number of carbonyl (C=O) groups excluding carboxylic acids is 2. The Balaban J connectivity index is 1.50. The van der Waals surface area contributed by atoms with Crippen molar-refractivity contribution in [3.63, 3.8) is 0 Å². The summed E-state index contributed by atoms with van der Waals surface area (Å²) in [4.78, 5) is 33.8. The third-order valence-corrected chi connectivity index (χ3v) is 4.25. The highest BCUT2D eigenvalue weighted by Gasteiger charge is 2.13. The van der Waals surface area contributed by atoms with Gasteiger partial charge in [0.25, 0.3) is 11.6 Å². The van der Waals surface area contributed by atoms with Gasteiger partial charge in [-0.15, -0.1) is 0 Å². The van der Waals surface area contributed by atoms with E-state index < -0.39 is 23.4 Å². The number of fused-ring (bicyclic) bond motifs is 1. The molecule has 0 saturated carbocycles. The number of carbonyl (C=O) groups is 2. The monoisotopic (exact) mass is 448 g/mol. The summed E-state index contributed by atoms with van der Waals surface area (Å²) in [5, 5.41) is 13.2. The van der Waals surface area contributed by atoms with Crippen LogP contribution in [0.15, 0.2) is 46.9 Å². The molecule has 0 bridgehead atoms. The lowest BCUT2D eigenvalue weighted by Crippen LogP contribution is -2.20. The van der Waals surface area contributed by atoms with Gasteiger partial charge in [0.2, 0.25) is 6.79 Å². The molecule has 0 aromatic heterocycles. The summed E-state index contributed by atoms with van der Waals surface area (Å²) in [5.74, 6) is -0.0627. The molecule has 0 fully saturated rings. The lowest BCUT2D eigenvalue weighted by molar-refractivity contribution is -0.384. The van der Waals surface area contributed by atoms with Crippen LogP contribution in [-0.4, -0.2) is 30.2 Å². The average molecular weight is 449 g/mol. The van der Waals surface area contributed by atoms with E-state index in [0.717, 1.165) is 0 Å². The number of nitrogens with one attached hydrogen (secondary N) is 1. The van der Waals surface area contributed by atoms with Crippen LogP contribution in [-0.2, 0) is 14.3 Å². The highest BCUT2D eigenvalue weighted by Crippen LogP contribution is 2.32. The van der Waals surface area contributed by atoms with Crippen LogP contribution in [0.5, 0.6) is 11.5 Å². The molecule has 1 aliphatic rings. The van der Waals surface area contributed by atoms with Crippen LogP contribution in [0.3, 0.4) is 0 Å².